The van der Waals surface area contributed by atoms with Gasteiger partial charge in [0.2, 0.25) is 10.0 Å². The minimum atomic E-state index is -3.51. The summed E-state index contributed by atoms with van der Waals surface area (Å²) in [7, 11) is -3.51. The molecular weight excluding hydrogens is 295 g/mol. The largest absolute Gasteiger partial charge is 0.316 e. The molecule has 0 heterocycles. The van der Waals surface area contributed by atoms with Crippen LogP contribution >= 0.6 is 23.2 Å². The van der Waals surface area contributed by atoms with Gasteiger partial charge in [-0.05, 0) is 25.6 Å². The molecule has 1 atom stereocenters. The standard InChI is InChI=1S/C11H16Cl2N2O2S/c1-3-14-7-8(2)18(16,17)15-11-9(12)5-4-6-10(11)13/h4-6,8,14-15H,3,7H2,1-2H3. The number of hydrogen-bond donors (Lipinski definition) is 2. The van der Waals surface area contributed by atoms with Gasteiger partial charge in [-0.1, -0.05) is 36.2 Å². The van der Waals surface area contributed by atoms with E-state index in [9.17, 15) is 8.42 Å². The quantitative estimate of drug-likeness (QED) is 0.849. The van der Waals surface area contributed by atoms with Gasteiger partial charge < -0.3 is 5.32 Å². The average molecular weight is 311 g/mol. The first-order valence-corrected chi connectivity index (χ1v) is 7.85. The summed E-state index contributed by atoms with van der Waals surface area (Å²) < 4.78 is 26.5. The average Bonchev–Trinajstić information content (AvgIpc) is 2.31. The van der Waals surface area contributed by atoms with Crippen LogP contribution in [0, 0.1) is 0 Å². The van der Waals surface area contributed by atoms with E-state index in [1.807, 2.05) is 6.92 Å². The van der Waals surface area contributed by atoms with Crippen LogP contribution in [-0.2, 0) is 10.0 Å². The number of anilines is 1. The molecule has 1 rings (SSSR count). The van der Waals surface area contributed by atoms with Gasteiger partial charge in [0.25, 0.3) is 0 Å². The van der Waals surface area contributed by atoms with Gasteiger partial charge in [-0.3, -0.25) is 4.72 Å². The molecule has 0 aliphatic heterocycles. The Balaban J connectivity index is 2.89. The van der Waals surface area contributed by atoms with Crippen LogP contribution in [0.1, 0.15) is 13.8 Å². The van der Waals surface area contributed by atoms with Gasteiger partial charge in [0.15, 0.2) is 0 Å². The summed E-state index contributed by atoms with van der Waals surface area (Å²) in [5.41, 5.74) is 0.226. The highest BCUT2D eigenvalue weighted by Gasteiger charge is 2.22. The Hall–Kier alpha value is -0.490. The number of rotatable bonds is 6. The normalized spacial score (nSPS) is 13.3. The van der Waals surface area contributed by atoms with E-state index < -0.39 is 15.3 Å². The second-order valence-electron chi connectivity index (χ2n) is 3.86. The maximum Gasteiger partial charge on any atom is 0.236 e. The Labute approximate surface area is 118 Å². The summed E-state index contributed by atoms with van der Waals surface area (Å²) in [6.45, 7) is 4.62. The molecule has 0 bridgehead atoms. The lowest BCUT2D eigenvalue weighted by Gasteiger charge is -2.16. The SMILES string of the molecule is CCNCC(C)S(=O)(=O)Nc1c(Cl)cccc1Cl. The van der Waals surface area contributed by atoms with Crippen LogP contribution in [0.3, 0.4) is 0 Å². The molecule has 2 N–H and O–H groups in total. The van der Waals surface area contributed by atoms with Crippen molar-refractivity contribution < 1.29 is 8.42 Å². The van der Waals surface area contributed by atoms with Crippen molar-refractivity contribution in [3.05, 3.63) is 28.2 Å². The number of sulfonamides is 1. The Bertz CT molecular complexity index is 486. The van der Waals surface area contributed by atoms with Crippen molar-refractivity contribution in [3.63, 3.8) is 0 Å². The van der Waals surface area contributed by atoms with E-state index in [1.54, 1.807) is 25.1 Å². The fourth-order valence-corrected chi connectivity index (χ4v) is 2.94. The van der Waals surface area contributed by atoms with Crippen molar-refractivity contribution in [2.45, 2.75) is 19.1 Å². The summed E-state index contributed by atoms with van der Waals surface area (Å²) in [5.74, 6) is 0. The highest BCUT2D eigenvalue weighted by atomic mass is 35.5. The van der Waals surface area contributed by atoms with Gasteiger partial charge in [0.1, 0.15) is 0 Å². The molecule has 1 aromatic rings. The first-order chi connectivity index (χ1) is 8.38. The predicted molar refractivity (Wildman–Crippen MR) is 77.0 cm³/mol. The van der Waals surface area contributed by atoms with Crippen LogP contribution in [0.2, 0.25) is 10.0 Å². The molecule has 0 fully saturated rings. The first kappa shape index (κ1) is 15.6. The zero-order valence-electron chi connectivity index (χ0n) is 10.2. The van der Waals surface area contributed by atoms with Crippen molar-refractivity contribution in [2.24, 2.45) is 0 Å². The van der Waals surface area contributed by atoms with E-state index in [2.05, 4.69) is 10.0 Å². The van der Waals surface area contributed by atoms with Gasteiger partial charge in [-0.15, -0.1) is 0 Å². The van der Waals surface area contributed by atoms with E-state index in [4.69, 9.17) is 23.2 Å². The highest BCUT2D eigenvalue weighted by Crippen LogP contribution is 2.31. The third-order valence-electron chi connectivity index (χ3n) is 2.42. The van der Waals surface area contributed by atoms with Crippen LogP contribution in [0.25, 0.3) is 0 Å². The van der Waals surface area contributed by atoms with Crippen molar-refractivity contribution in [1.82, 2.24) is 5.32 Å². The first-order valence-electron chi connectivity index (χ1n) is 5.54. The number of benzene rings is 1. The topological polar surface area (TPSA) is 58.2 Å². The van der Waals surface area contributed by atoms with Crippen LogP contribution in [0.15, 0.2) is 18.2 Å². The van der Waals surface area contributed by atoms with E-state index in [1.165, 1.54) is 0 Å². The third kappa shape index (κ3) is 4.02. The molecule has 18 heavy (non-hydrogen) atoms. The third-order valence-corrected chi connectivity index (χ3v) is 4.76. The van der Waals surface area contributed by atoms with E-state index in [-0.39, 0.29) is 15.7 Å². The molecule has 1 unspecified atom stereocenters. The second-order valence-corrected chi connectivity index (χ2v) is 6.78. The number of halogens is 2. The Morgan fingerprint density at radius 3 is 2.33 bits per heavy atom. The summed E-state index contributed by atoms with van der Waals surface area (Å²) >= 11 is 11.8. The zero-order chi connectivity index (χ0) is 13.8. The number of para-hydroxylation sites is 1. The lowest BCUT2D eigenvalue weighted by Crippen LogP contribution is -2.34. The van der Waals surface area contributed by atoms with Crippen molar-refractivity contribution in [1.29, 1.82) is 0 Å². The zero-order valence-corrected chi connectivity index (χ0v) is 12.5. The molecule has 4 nitrogen and oxygen atoms in total. The molecular formula is C11H16Cl2N2O2S. The summed E-state index contributed by atoms with van der Waals surface area (Å²) in [4.78, 5) is 0. The predicted octanol–water partition coefficient (Wildman–Crippen LogP) is 2.73. The maximum atomic E-state index is 12.0. The van der Waals surface area contributed by atoms with Crippen molar-refractivity contribution in [3.8, 4) is 0 Å². The molecule has 102 valence electrons. The Morgan fingerprint density at radius 1 is 1.28 bits per heavy atom. The summed E-state index contributed by atoms with van der Waals surface area (Å²) in [6.07, 6.45) is 0. The molecule has 0 aromatic heterocycles. The van der Waals surface area contributed by atoms with E-state index in [0.717, 1.165) is 0 Å². The van der Waals surface area contributed by atoms with Gasteiger partial charge in [0.05, 0.1) is 21.0 Å². The van der Waals surface area contributed by atoms with Gasteiger partial charge in [-0.25, -0.2) is 8.42 Å². The molecule has 0 saturated heterocycles. The molecule has 0 saturated carbocycles. The molecule has 1 aromatic carbocycles. The van der Waals surface area contributed by atoms with Gasteiger partial charge in [-0.2, -0.15) is 0 Å². The number of nitrogens with one attached hydrogen (secondary N) is 2. The molecule has 0 aliphatic rings. The van der Waals surface area contributed by atoms with E-state index >= 15 is 0 Å². The monoisotopic (exact) mass is 310 g/mol. The van der Waals surface area contributed by atoms with Crippen molar-refractivity contribution >= 4 is 38.9 Å². The Morgan fingerprint density at radius 2 is 1.83 bits per heavy atom. The van der Waals surface area contributed by atoms with Crippen molar-refractivity contribution in [2.75, 3.05) is 17.8 Å². The van der Waals surface area contributed by atoms with Crippen LogP contribution < -0.4 is 10.0 Å². The summed E-state index contributed by atoms with van der Waals surface area (Å²) in [5, 5.41) is 2.96. The maximum absolute atomic E-state index is 12.0. The fourth-order valence-electron chi connectivity index (χ4n) is 1.30. The van der Waals surface area contributed by atoms with Crippen LogP contribution in [-0.4, -0.2) is 26.8 Å². The van der Waals surface area contributed by atoms with Gasteiger partial charge in [0, 0.05) is 6.54 Å². The molecule has 0 spiro atoms. The van der Waals surface area contributed by atoms with Crippen LogP contribution in [0.4, 0.5) is 5.69 Å². The summed E-state index contributed by atoms with van der Waals surface area (Å²) in [6, 6.07) is 4.82. The minimum Gasteiger partial charge on any atom is -0.316 e. The van der Waals surface area contributed by atoms with E-state index in [0.29, 0.717) is 13.1 Å². The molecule has 0 aliphatic carbocycles. The molecule has 7 heteroatoms. The Kier molecular flexibility index (Phi) is 5.72. The smallest absolute Gasteiger partial charge is 0.236 e. The van der Waals surface area contributed by atoms with Crippen LogP contribution in [0.5, 0.6) is 0 Å². The molecule has 0 amide bonds. The fraction of sp³-hybridized carbons (Fsp3) is 0.455. The second kappa shape index (κ2) is 6.61. The minimum absolute atomic E-state index is 0.226. The lowest BCUT2D eigenvalue weighted by atomic mass is 10.3. The number of hydrogen-bond acceptors (Lipinski definition) is 3. The molecule has 0 radical (unpaired) electrons. The lowest BCUT2D eigenvalue weighted by molar-refractivity contribution is 0.579. The van der Waals surface area contributed by atoms with Gasteiger partial charge >= 0.3 is 0 Å². The highest BCUT2D eigenvalue weighted by molar-refractivity contribution is 7.93.